The van der Waals surface area contributed by atoms with Crippen molar-refractivity contribution in [2.75, 3.05) is 0 Å². The van der Waals surface area contributed by atoms with Crippen molar-refractivity contribution in [1.82, 2.24) is 0 Å². The molecule has 1 aromatic rings. The third kappa shape index (κ3) is 2.39. The first kappa shape index (κ1) is 11.8. The Morgan fingerprint density at radius 1 is 1.60 bits per heavy atom. The zero-order chi connectivity index (χ0) is 11.6. The second kappa shape index (κ2) is 4.49. The van der Waals surface area contributed by atoms with Gasteiger partial charge in [0.1, 0.15) is 11.6 Å². The maximum atomic E-state index is 13.3. The van der Waals surface area contributed by atoms with Crippen molar-refractivity contribution in [2.24, 2.45) is 0 Å². The van der Waals surface area contributed by atoms with E-state index in [-0.39, 0.29) is 17.0 Å². The second-order valence-electron chi connectivity index (χ2n) is 3.12. The summed E-state index contributed by atoms with van der Waals surface area (Å²) in [5, 5.41) is 17.9. The molecule has 1 rings (SSSR count). The van der Waals surface area contributed by atoms with E-state index in [0.717, 1.165) is 12.1 Å². The van der Waals surface area contributed by atoms with Gasteiger partial charge in [-0.2, -0.15) is 0 Å². The molecule has 0 spiro atoms. The average Bonchev–Trinajstić information content (AvgIpc) is 2.14. The summed E-state index contributed by atoms with van der Waals surface area (Å²) in [6.07, 6.45) is 0.257. The van der Waals surface area contributed by atoms with Crippen molar-refractivity contribution in [1.29, 1.82) is 0 Å². The van der Waals surface area contributed by atoms with Crippen LogP contribution in [0.25, 0.3) is 0 Å². The van der Waals surface area contributed by atoms with Gasteiger partial charge in [0.25, 0.3) is 0 Å². The van der Waals surface area contributed by atoms with E-state index in [1.165, 1.54) is 0 Å². The predicted molar refractivity (Wildman–Crippen MR) is 53.7 cm³/mol. The molecule has 2 N–H and O–H groups in total. The molecule has 15 heavy (non-hydrogen) atoms. The van der Waals surface area contributed by atoms with Crippen LogP contribution in [0.4, 0.5) is 4.39 Å². The average molecular weight is 233 g/mol. The number of benzene rings is 1. The van der Waals surface area contributed by atoms with Crippen molar-refractivity contribution in [2.45, 2.75) is 19.3 Å². The monoisotopic (exact) mass is 232 g/mol. The van der Waals surface area contributed by atoms with E-state index < -0.39 is 23.5 Å². The summed E-state index contributed by atoms with van der Waals surface area (Å²) >= 11 is 5.58. The van der Waals surface area contributed by atoms with Crippen LogP contribution < -0.4 is 0 Å². The minimum absolute atomic E-state index is 0.00667. The van der Waals surface area contributed by atoms with Crippen molar-refractivity contribution in [3.8, 4) is 5.75 Å². The first-order chi connectivity index (χ1) is 6.97. The van der Waals surface area contributed by atoms with E-state index in [1.54, 1.807) is 6.92 Å². The lowest BCUT2D eigenvalue weighted by atomic mass is 9.96. The third-order valence-corrected chi connectivity index (χ3v) is 2.45. The molecule has 0 fully saturated rings. The summed E-state index contributed by atoms with van der Waals surface area (Å²) < 4.78 is 13.3. The quantitative estimate of drug-likeness (QED) is 0.843. The highest BCUT2D eigenvalue weighted by Gasteiger charge is 2.22. The number of aliphatic carboxylic acids is 1. The number of phenolic OH excluding ortho intramolecular Hbond substituents is 1. The van der Waals surface area contributed by atoms with Gasteiger partial charge in [-0.25, -0.2) is 4.39 Å². The molecule has 0 aliphatic carbocycles. The number of carboxylic acid groups (broad SMARTS) is 1. The number of hydrogen-bond acceptors (Lipinski definition) is 2. The van der Waals surface area contributed by atoms with Gasteiger partial charge < -0.3 is 10.2 Å². The van der Waals surface area contributed by atoms with Crippen LogP contribution >= 0.6 is 11.6 Å². The molecular weight excluding hydrogens is 223 g/mol. The largest absolute Gasteiger partial charge is 0.506 e. The highest BCUT2D eigenvalue weighted by atomic mass is 35.5. The number of carbonyl (C=O) groups is 1. The molecule has 0 saturated heterocycles. The summed E-state index contributed by atoms with van der Waals surface area (Å²) in [6.45, 7) is 1.64. The number of halogens is 2. The Morgan fingerprint density at radius 2 is 2.20 bits per heavy atom. The van der Waals surface area contributed by atoms with Gasteiger partial charge in [0.15, 0.2) is 0 Å². The number of aromatic hydroxyl groups is 1. The lowest BCUT2D eigenvalue weighted by Crippen LogP contribution is -2.12. The molecule has 1 aromatic carbocycles. The first-order valence-corrected chi connectivity index (χ1v) is 4.75. The fraction of sp³-hybridized carbons (Fsp3) is 0.300. The van der Waals surface area contributed by atoms with Gasteiger partial charge in [-0.1, -0.05) is 18.5 Å². The molecule has 0 bridgehead atoms. The summed E-state index contributed by atoms with van der Waals surface area (Å²) in [6, 6.07) is 1.97. The molecule has 0 heterocycles. The van der Waals surface area contributed by atoms with Crippen LogP contribution in [-0.4, -0.2) is 16.2 Å². The molecule has 0 radical (unpaired) electrons. The van der Waals surface area contributed by atoms with E-state index in [4.69, 9.17) is 21.8 Å². The third-order valence-electron chi connectivity index (χ3n) is 2.15. The fourth-order valence-corrected chi connectivity index (χ4v) is 1.52. The Balaban J connectivity index is 3.24. The van der Waals surface area contributed by atoms with Crippen LogP contribution in [0, 0.1) is 5.82 Å². The first-order valence-electron chi connectivity index (χ1n) is 4.38. The molecule has 1 unspecified atom stereocenters. The molecular formula is C10H10ClFO3. The Labute approximate surface area is 91.1 Å². The van der Waals surface area contributed by atoms with Crippen molar-refractivity contribution in [3.63, 3.8) is 0 Å². The normalized spacial score (nSPS) is 12.5. The highest BCUT2D eigenvalue weighted by molar-refractivity contribution is 6.32. The Hall–Kier alpha value is -1.29. The number of rotatable bonds is 3. The lowest BCUT2D eigenvalue weighted by molar-refractivity contribution is -0.138. The van der Waals surface area contributed by atoms with Gasteiger partial charge in [0.05, 0.1) is 10.9 Å². The van der Waals surface area contributed by atoms with Crippen LogP contribution in [0.1, 0.15) is 24.8 Å². The molecule has 3 nitrogen and oxygen atoms in total. The molecule has 0 amide bonds. The SMILES string of the molecule is CCC(C(=O)O)c1cc(Cl)c(O)cc1F. The minimum atomic E-state index is -1.11. The van der Waals surface area contributed by atoms with Crippen LogP contribution in [0.3, 0.4) is 0 Å². The van der Waals surface area contributed by atoms with Crippen LogP contribution in [0.2, 0.25) is 5.02 Å². The van der Waals surface area contributed by atoms with E-state index in [0.29, 0.717) is 0 Å². The molecule has 0 saturated carbocycles. The summed E-state index contributed by atoms with van der Waals surface area (Å²) in [7, 11) is 0. The highest BCUT2D eigenvalue weighted by Crippen LogP contribution is 2.31. The molecule has 5 heteroatoms. The summed E-state index contributed by atoms with van der Waals surface area (Å²) in [5.74, 6) is -3.20. The molecule has 1 atom stereocenters. The van der Waals surface area contributed by atoms with Crippen molar-refractivity contribution < 1.29 is 19.4 Å². The standard InChI is InChI=1S/C10H10ClFO3/c1-2-5(10(14)15)6-3-7(11)9(13)4-8(6)12/h3-5,13H,2H2,1H3,(H,14,15). The smallest absolute Gasteiger partial charge is 0.311 e. The van der Waals surface area contributed by atoms with Gasteiger partial charge in [-0.15, -0.1) is 0 Å². The molecule has 0 aromatic heterocycles. The predicted octanol–water partition coefficient (Wildman–Crippen LogP) is 2.76. The topological polar surface area (TPSA) is 57.5 Å². The van der Waals surface area contributed by atoms with E-state index in [2.05, 4.69) is 0 Å². The summed E-state index contributed by atoms with van der Waals surface area (Å²) in [5.41, 5.74) is -0.00667. The Morgan fingerprint density at radius 3 is 2.67 bits per heavy atom. The van der Waals surface area contributed by atoms with Crippen LogP contribution in [-0.2, 0) is 4.79 Å². The maximum Gasteiger partial charge on any atom is 0.311 e. The maximum absolute atomic E-state index is 13.3. The van der Waals surface area contributed by atoms with Crippen molar-refractivity contribution in [3.05, 3.63) is 28.5 Å². The van der Waals surface area contributed by atoms with Crippen LogP contribution in [0.5, 0.6) is 5.75 Å². The molecule has 0 aliphatic rings. The molecule has 0 aliphatic heterocycles. The Kier molecular flexibility index (Phi) is 3.52. The van der Waals surface area contributed by atoms with E-state index >= 15 is 0 Å². The van der Waals surface area contributed by atoms with Gasteiger partial charge >= 0.3 is 5.97 Å². The zero-order valence-corrected chi connectivity index (χ0v) is 8.75. The number of phenols is 1. The number of hydrogen-bond donors (Lipinski definition) is 2. The lowest BCUT2D eigenvalue weighted by Gasteiger charge is -2.12. The van der Waals surface area contributed by atoms with E-state index in [9.17, 15) is 9.18 Å². The number of carboxylic acids is 1. The van der Waals surface area contributed by atoms with E-state index in [1.807, 2.05) is 0 Å². The van der Waals surface area contributed by atoms with Gasteiger partial charge in [0, 0.05) is 11.6 Å². The van der Waals surface area contributed by atoms with Crippen molar-refractivity contribution >= 4 is 17.6 Å². The van der Waals surface area contributed by atoms with Crippen LogP contribution in [0.15, 0.2) is 12.1 Å². The van der Waals surface area contributed by atoms with Gasteiger partial charge in [-0.3, -0.25) is 4.79 Å². The Bertz CT molecular complexity index is 392. The second-order valence-corrected chi connectivity index (χ2v) is 3.53. The summed E-state index contributed by atoms with van der Waals surface area (Å²) in [4.78, 5) is 10.8. The fourth-order valence-electron chi connectivity index (χ4n) is 1.35. The van der Waals surface area contributed by atoms with Gasteiger partial charge in [0.2, 0.25) is 0 Å². The van der Waals surface area contributed by atoms with Gasteiger partial charge in [-0.05, 0) is 12.5 Å². The minimum Gasteiger partial charge on any atom is -0.506 e. The molecule has 82 valence electrons. The zero-order valence-electron chi connectivity index (χ0n) is 8.00.